The molecule has 0 saturated heterocycles. The Kier molecular flexibility index (Phi) is 11.1. The first-order chi connectivity index (χ1) is 13.1. The molecule has 0 aliphatic heterocycles. The first-order valence-corrected chi connectivity index (χ1v) is 10.7. The minimum absolute atomic E-state index is 0. The molecular weight excluding hydrogens is 489 g/mol. The number of aliphatic hydroxyl groups excluding tert-OH is 1. The zero-order chi connectivity index (χ0) is 19.5. The molecule has 1 atom stereocenters. The quantitative estimate of drug-likeness (QED) is 0.270. The summed E-state index contributed by atoms with van der Waals surface area (Å²) < 4.78 is 24.7. The van der Waals surface area contributed by atoms with Crippen molar-refractivity contribution in [2.24, 2.45) is 4.99 Å². The van der Waals surface area contributed by atoms with Gasteiger partial charge < -0.3 is 15.7 Å². The highest BCUT2D eigenvalue weighted by Crippen LogP contribution is 2.15. The Morgan fingerprint density at radius 1 is 1.04 bits per heavy atom. The average molecular weight is 517 g/mol. The van der Waals surface area contributed by atoms with Crippen molar-refractivity contribution in [1.82, 2.24) is 10.6 Å². The number of benzene rings is 2. The van der Waals surface area contributed by atoms with Crippen LogP contribution in [0.1, 0.15) is 18.4 Å². The summed E-state index contributed by atoms with van der Waals surface area (Å²) >= 11 is 0. The second-order valence-electron chi connectivity index (χ2n) is 6.07. The predicted molar refractivity (Wildman–Crippen MR) is 124 cm³/mol. The SMILES string of the molecule is CCNC(=NCC(CO)c1ccccc1)NCCS(=O)(=O)c1ccccc1.I. The van der Waals surface area contributed by atoms with E-state index in [2.05, 4.69) is 15.6 Å². The van der Waals surface area contributed by atoms with Gasteiger partial charge in [0.15, 0.2) is 15.8 Å². The third-order valence-corrected chi connectivity index (χ3v) is 5.80. The molecule has 0 amide bonds. The van der Waals surface area contributed by atoms with Gasteiger partial charge in [-0.15, -0.1) is 24.0 Å². The summed E-state index contributed by atoms with van der Waals surface area (Å²) in [4.78, 5) is 4.81. The third-order valence-electron chi connectivity index (χ3n) is 4.07. The van der Waals surface area contributed by atoms with Gasteiger partial charge in [0.2, 0.25) is 0 Å². The minimum Gasteiger partial charge on any atom is -0.396 e. The van der Waals surface area contributed by atoms with E-state index in [4.69, 9.17) is 0 Å². The first kappa shape index (κ1) is 24.4. The Hall–Kier alpha value is -1.65. The van der Waals surface area contributed by atoms with Gasteiger partial charge in [0.05, 0.1) is 23.8 Å². The van der Waals surface area contributed by atoms with Crippen molar-refractivity contribution >= 4 is 39.8 Å². The van der Waals surface area contributed by atoms with Crippen LogP contribution in [0.25, 0.3) is 0 Å². The van der Waals surface area contributed by atoms with Gasteiger partial charge in [-0.25, -0.2) is 8.42 Å². The van der Waals surface area contributed by atoms with Crippen LogP contribution in [-0.4, -0.2) is 51.5 Å². The van der Waals surface area contributed by atoms with E-state index in [9.17, 15) is 13.5 Å². The summed E-state index contributed by atoms with van der Waals surface area (Å²) in [5.74, 6) is 0.411. The van der Waals surface area contributed by atoms with Crippen LogP contribution in [0.3, 0.4) is 0 Å². The van der Waals surface area contributed by atoms with E-state index in [0.29, 0.717) is 23.9 Å². The molecule has 0 aromatic heterocycles. The molecule has 2 aromatic rings. The normalized spacial score (nSPS) is 12.7. The molecule has 6 nitrogen and oxygen atoms in total. The zero-order valence-corrected chi connectivity index (χ0v) is 19.1. The van der Waals surface area contributed by atoms with Crippen molar-refractivity contribution < 1.29 is 13.5 Å². The summed E-state index contributed by atoms with van der Waals surface area (Å²) in [7, 11) is -3.34. The topological polar surface area (TPSA) is 90.8 Å². The van der Waals surface area contributed by atoms with Crippen LogP contribution in [0.4, 0.5) is 0 Å². The van der Waals surface area contributed by atoms with Crippen LogP contribution in [0, 0.1) is 0 Å². The number of guanidine groups is 1. The Bertz CT molecular complexity index is 815. The number of nitrogens with one attached hydrogen (secondary N) is 2. The molecule has 0 radical (unpaired) electrons. The molecule has 1 unspecified atom stereocenters. The fraction of sp³-hybridized carbons (Fsp3) is 0.350. The number of hydrogen-bond acceptors (Lipinski definition) is 4. The van der Waals surface area contributed by atoms with Crippen molar-refractivity contribution in [3.05, 3.63) is 66.2 Å². The molecule has 0 aliphatic carbocycles. The molecule has 0 heterocycles. The van der Waals surface area contributed by atoms with E-state index in [0.717, 1.165) is 5.56 Å². The molecular formula is C20H28IN3O3S. The Morgan fingerprint density at radius 3 is 2.21 bits per heavy atom. The van der Waals surface area contributed by atoms with Crippen LogP contribution in [0.5, 0.6) is 0 Å². The molecule has 0 fully saturated rings. The molecule has 2 rings (SSSR count). The summed E-state index contributed by atoms with van der Waals surface area (Å²) in [6, 6.07) is 18.1. The molecule has 3 N–H and O–H groups in total. The van der Waals surface area contributed by atoms with Crippen molar-refractivity contribution in [2.75, 3.05) is 32.0 Å². The second-order valence-corrected chi connectivity index (χ2v) is 8.18. The fourth-order valence-electron chi connectivity index (χ4n) is 2.59. The van der Waals surface area contributed by atoms with Crippen LogP contribution in [-0.2, 0) is 9.84 Å². The molecule has 2 aromatic carbocycles. The highest BCUT2D eigenvalue weighted by molar-refractivity contribution is 14.0. The Morgan fingerprint density at radius 2 is 1.64 bits per heavy atom. The van der Waals surface area contributed by atoms with Gasteiger partial charge in [0.25, 0.3) is 0 Å². The van der Waals surface area contributed by atoms with Crippen LogP contribution in [0.2, 0.25) is 0 Å². The van der Waals surface area contributed by atoms with E-state index in [1.165, 1.54) is 0 Å². The van der Waals surface area contributed by atoms with E-state index in [1.807, 2.05) is 37.3 Å². The lowest BCUT2D eigenvalue weighted by Gasteiger charge is -2.15. The highest BCUT2D eigenvalue weighted by atomic mass is 127. The molecule has 28 heavy (non-hydrogen) atoms. The average Bonchev–Trinajstić information content (AvgIpc) is 2.70. The van der Waals surface area contributed by atoms with Gasteiger partial charge in [-0.3, -0.25) is 4.99 Å². The second kappa shape index (κ2) is 12.7. The number of sulfone groups is 1. The third kappa shape index (κ3) is 7.76. The van der Waals surface area contributed by atoms with Crippen LogP contribution >= 0.6 is 24.0 Å². The summed E-state index contributed by atoms with van der Waals surface area (Å²) in [6.07, 6.45) is 0. The van der Waals surface area contributed by atoms with Gasteiger partial charge in [-0.2, -0.15) is 0 Å². The number of aliphatic hydroxyl groups is 1. The van der Waals surface area contributed by atoms with Crippen LogP contribution in [0.15, 0.2) is 70.6 Å². The molecule has 0 saturated carbocycles. The van der Waals surface area contributed by atoms with Crippen molar-refractivity contribution in [3.63, 3.8) is 0 Å². The number of aliphatic imine (C=N–C) groups is 1. The first-order valence-electron chi connectivity index (χ1n) is 9.02. The molecule has 0 spiro atoms. The van der Waals surface area contributed by atoms with Crippen LogP contribution < -0.4 is 10.6 Å². The molecule has 0 bridgehead atoms. The van der Waals surface area contributed by atoms with Crippen molar-refractivity contribution in [1.29, 1.82) is 0 Å². The summed E-state index contributed by atoms with van der Waals surface area (Å²) in [6.45, 7) is 3.25. The van der Waals surface area contributed by atoms with E-state index in [1.54, 1.807) is 30.3 Å². The Labute approximate surface area is 184 Å². The van der Waals surface area contributed by atoms with Gasteiger partial charge in [-0.05, 0) is 24.6 Å². The maximum Gasteiger partial charge on any atom is 0.191 e. The lowest BCUT2D eigenvalue weighted by atomic mass is 10.0. The number of rotatable bonds is 9. The fourth-order valence-corrected chi connectivity index (χ4v) is 3.76. The molecule has 0 aliphatic rings. The summed E-state index contributed by atoms with van der Waals surface area (Å²) in [5.41, 5.74) is 1.02. The van der Waals surface area contributed by atoms with E-state index in [-0.39, 0.29) is 48.8 Å². The zero-order valence-electron chi connectivity index (χ0n) is 15.9. The monoisotopic (exact) mass is 517 g/mol. The van der Waals surface area contributed by atoms with Gasteiger partial charge >= 0.3 is 0 Å². The maximum absolute atomic E-state index is 12.3. The van der Waals surface area contributed by atoms with Crippen molar-refractivity contribution in [3.8, 4) is 0 Å². The van der Waals surface area contributed by atoms with E-state index >= 15 is 0 Å². The van der Waals surface area contributed by atoms with Gasteiger partial charge in [0.1, 0.15) is 0 Å². The molecule has 8 heteroatoms. The predicted octanol–water partition coefficient (Wildman–Crippen LogP) is 2.41. The van der Waals surface area contributed by atoms with Crippen molar-refractivity contribution in [2.45, 2.75) is 17.7 Å². The maximum atomic E-state index is 12.3. The van der Waals surface area contributed by atoms with Gasteiger partial charge in [-0.1, -0.05) is 48.5 Å². The smallest absolute Gasteiger partial charge is 0.191 e. The largest absolute Gasteiger partial charge is 0.396 e. The standard InChI is InChI=1S/C20H27N3O3S.HI/c1-2-21-20(23-15-18(16-24)17-9-5-3-6-10-17)22-13-14-27(25,26)19-11-7-4-8-12-19;/h3-12,18,24H,2,13-16H2,1H3,(H2,21,22,23);1H. The Balaban J connectivity index is 0.00000392. The number of halogens is 1. The lowest BCUT2D eigenvalue weighted by Crippen LogP contribution is -2.40. The highest BCUT2D eigenvalue weighted by Gasteiger charge is 2.14. The minimum atomic E-state index is -3.34. The van der Waals surface area contributed by atoms with Gasteiger partial charge in [0, 0.05) is 19.0 Å². The summed E-state index contributed by atoms with van der Waals surface area (Å²) in [5, 5.41) is 15.8. The number of hydrogen-bond donors (Lipinski definition) is 3. The molecule has 154 valence electrons. The lowest BCUT2D eigenvalue weighted by molar-refractivity contribution is 0.268. The number of nitrogens with zero attached hydrogens (tertiary/aromatic N) is 1. The van der Waals surface area contributed by atoms with E-state index < -0.39 is 9.84 Å².